The van der Waals surface area contributed by atoms with E-state index in [4.69, 9.17) is 34.4 Å². The van der Waals surface area contributed by atoms with Gasteiger partial charge in [-0.15, -0.1) is 0 Å². The van der Waals surface area contributed by atoms with Crippen LogP contribution in [-0.4, -0.2) is 233 Å². The van der Waals surface area contributed by atoms with Crippen LogP contribution in [0.5, 0.6) is 5.75 Å². The summed E-state index contributed by atoms with van der Waals surface area (Å²) in [6.07, 6.45) is 1.92. The highest BCUT2D eigenvalue weighted by Crippen LogP contribution is 2.18. The maximum absolute atomic E-state index is 14.7. The predicted molar refractivity (Wildman–Crippen MR) is 441 cm³/mol. The van der Waals surface area contributed by atoms with Crippen LogP contribution in [0.15, 0.2) is 64.6 Å². The number of nitrogens with two attached hydrogens (primary N) is 6. The minimum Gasteiger partial charge on any atom is -0.508 e. The van der Waals surface area contributed by atoms with E-state index in [9.17, 15) is 87.2 Å². The summed E-state index contributed by atoms with van der Waals surface area (Å²) in [4.78, 5) is 215. The Morgan fingerprint density at radius 3 is 1.34 bits per heavy atom. The average molecular weight is 1670 g/mol. The van der Waals surface area contributed by atoms with Gasteiger partial charge in [-0.2, -0.15) is 11.8 Å². The number of phenolic OH excluding ortho intramolecular Hbond substituents is 1. The highest BCUT2D eigenvalue weighted by molar-refractivity contribution is 7.98. The zero-order chi connectivity index (χ0) is 88.2. The Bertz CT molecular complexity index is 3640. The van der Waals surface area contributed by atoms with Gasteiger partial charge < -0.3 is 119 Å². The van der Waals surface area contributed by atoms with Crippen molar-refractivity contribution in [2.45, 2.75) is 244 Å². The second-order valence-corrected chi connectivity index (χ2v) is 30.7. The second-order valence-electron chi connectivity index (χ2n) is 29.7. The maximum atomic E-state index is 14.7. The SMILES string of the molecule is CC[C@H](C)[C@H](NC(=O)[C@H](Cc1ccccc1)NC(=O)[C@H](CCC(=O)O)NC(=O)[C@H](CC(C)C)NC(=O)[C@H](C)NC(=O)[C@H](CCCCN)NC(=O)[C@H](CCCN=C(N)N)NC(=O)[C@@H](NC(=O)[C@@H](NC(=O)[C@H](CCCN=C(N)N)NC(=O)[C@H](C)NC(=O)CNC(=O)[C@H](Cc1ccc(O)cc1)NC(=O)[C@@H](N)CCSC)C(C)C)[C@@H](C)CC)C(=O)O. The number of aromatic hydroxyl groups is 1. The molecule has 28 N–H and O–H groups in total. The van der Waals surface area contributed by atoms with E-state index in [1.165, 1.54) is 37.7 Å². The molecule has 0 bridgehead atoms. The summed E-state index contributed by atoms with van der Waals surface area (Å²) in [6, 6.07) is -3.50. The van der Waals surface area contributed by atoms with Gasteiger partial charge in [0.2, 0.25) is 76.8 Å². The van der Waals surface area contributed by atoms with Crippen molar-refractivity contribution >= 4 is 112 Å². The Morgan fingerprint density at radius 2 is 0.846 bits per heavy atom. The summed E-state index contributed by atoms with van der Waals surface area (Å²) in [5.41, 5.74) is 35.4. The fraction of sp³-hybridized carbons (Fsp3) is 0.623. The lowest BCUT2D eigenvalue weighted by Gasteiger charge is -2.30. The lowest BCUT2D eigenvalue weighted by Crippen LogP contribution is -2.62. The molecule has 0 aromatic heterocycles. The van der Waals surface area contributed by atoms with Crippen LogP contribution in [-0.2, 0) is 84.8 Å². The van der Waals surface area contributed by atoms with Gasteiger partial charge in [0.05, 0.1) is 12.6 Å². The molecule has 40 heteroatoms. The van der Waals surface area contributed by atoms with Gasteiger partial charge in [0.1, 0.15) is 78.3 Å². The molecule has 0 spiro atoms. The Hall–Kier alpha value is -10.9. The van der Waals surface area contributed by atoms with Crippen molar-refractivity contribution in [2.24, 2.45) is 68.1 Å². The first-order valence-electron chi connectivity index (χ1n) is 39.4. The number of carbonyl (C=O) groups is 15. The number of carboxylic acids is 2. The van der Waals surface area contributed by atoms with Crippen molar-refractivity contribution in [1.29, 1.82) is 0 Å². The summed E-state index contributed by atoms with van der Waals surface area (Å²) >= 11 is 1.48. The van der Waals surface area contributed by atoms with Gasteiger partial charge in [-0.25, -0.2) is 4.79 Å². The zero-order valence-corrected chi connectivity index (χ0v) is 69.7. The number of rotatable bonds is 56. The quantitative estimate of drug-likeness (QED) is 0.0181. The van der Waals surface area contributed by atoms with E-state index in [0.29, 0.717) is 36.1 Å². The minimum absolute atomic E-state index is 0.00130. The highest BCUT2D eigenvalue weighted by atomic mass is 32.2. The molecular weight excluding hydrogens is 1540 g/mol. The van der Waals surface area contributed by atoms with Crippen LogP contribution in [0.3, 0.4) is 0 Å². The Balaban J connectivity index is 2.45. The van der Waals surface area contributed by atoms with E-state index in [1.54, 1.807) is 97.9 Å². The molecule has 0 unspecified atom stereocenters. The summed E-state index contributed by atoms with van der Waals surface area (Å²) < 4.78 is 0. The molecule has 15 atom stereocenters. The molecule has 0 aliphatic carbocycles. The largest absolute Gasteiger partial charge is 0.508 e. The number of nitrogens with zero attached hydrogens (tertiary/aromatic N) is 2. The molecule has 0 radical (unpaired) electrons. The van der Waals surface area contributed by atoms with Gasteiger partial charge >= 0.3 is 11.9 Å². The Labute approximate surface area is 687 Å². The molecule has 0 aliphatic heterocycles. The number of hydrogen-bond acceptors (Lipinski definition) is 21. The van der Waals surface area contributed by atoms with E-state index in [1.807, 2.05) is 6.26 Å². The normalized spacial score (nSPS) is 15.0. The van der Waals surface area contributed by atoms with Crippen molar-refractivity contribution in [1.82, 2.24) is 69.1 Å². The molecule has 0 heterocycles. The Morgan fingerprint density at radius 1 is 0.436 bits per heavy atom. The van der Waals surface area contributed by atoms with Crippen molar-refractivity contribution in [3.63, 3.8) is 0 Å². The van der Waals surface area contributed by atoms with Crippen LogP contribution in [0.25, 0.3) is 0 Å². The lowest BCUT2D eigenvalue weighted by molar-refractivity contribution is -0.144. The van der Waals surface area contributed by atoms with E-state index in [2.05, 4.69) is 79.1 Å². The van der Waals surface area contributed by atoms with Crippen LogP contribution in [0.4, 0.5) is 0 Å². The number of unbranched alkanes of at least 4 members (excludes halogenated alkanes) is 1. The van der Waals surface area contributed by atoms with Crippen molar-refractivity contribution < 1.29 is 87.2 Å². The van der Waals surface area contributed by atoms with Gasteiger partial charge in [0, 0.05) is 32.4 Å². The number of nitrogens with one attached hydrogen (secondary N) is 13. The fourth-order valence-electron chi connectivity index (χ4n) is 11.7. The van der Waals surface area contributed by atoms with Gasteiger partial charge in [-0.1, -0.05) is 111 Å². The molecule has 117 heavy (non-hydrogen) atoms. The topological polar surface area (TPSA) is 654 Å². The molecular formula is C77H127N21O18S. The molecule has 654 valence electrons. The highest BCUT2D eigenvalue weighted by Gasteiger charge is 2.39. The van der Waals surface area contributed by atoms with Crippen LogP contribution in [0.2, 0.25) is 0 Å². The number of carbonyl (C=O) groups excluding carboxylic acids is 13. The zero-order valence-electron chi connectivity index (χ0n) is 68.9. The monoisotopic (exact) mass is 1670 g/mol. The number of aliphatic carboxylic acids is 2. The van der Waals surface area contributed by atoms with Crippen molar-refractivity contribution in [2.75, 3.05) is 38.2 Å². The number of thioether (sulfide) groups is 1. The summed E-state index contributed by atoms with van der Waals surface area (Å²) in [7, 11) is 0. The molecule has 2 aromatic carbocycles. The first-order chi connectivity index (χ1) is 55.2. The number of hydrogen-bond donors (Lipinski definition) is 22. The van der Waals surface area contributed by atoms with E-state index >= 15 is 0 Å². The second kappa shape index (κ2) is 54.1. The van der Waals surface area contributed by atoms with Crippen LogP contribution < -0.4 is 104 Å². The number of phenols is 1. The molecule has 0 fully saturated rings. The molecule has 13 amide bonds. The van der Waals surface area contributed by atoms with E-state index in [0.717, 1.165) is 0 Å². The number of aliphatic imine (C=N–C) groups is 2. The molecule has 2 aromatic rings. The molecule has 2 rings (SSSR count). The summed E-state index contributed by atoms with van der Waals surface area (Å²) in [5, 5.41) is 63.2. The lowest BCUT2D eigenvalue weighted by atomic mass is 9.95. The third-order valence-electron chi connectivity index (χ3n) is 19.0. The van der Waals surface area contributed by atoms with Gasteiger partial charge in [0.25, 0.3) is 0 Å². The van der Waals surface area contributed by atoms with Crippen LogP contribution >= 0.6 is 11.8 Å². The number of amides is 13. The van der Waals surface area contributed by atoms with Gasteiger partial charge in [-0.3, -0.25) is 77.1 Å². The Kier molecular flexibility index (Phi) is 47.2. The van der Waals surface area contributed by atoms with Gasteiger partial charge in [0.15, 0.2) is 11.9 Å². The number of benzene rings is 2. The fourth-order valence-corrected chi connectivity index (χ4v) is 12.2. The van der Waals surface area contributed by atoms with E-state index in [-0.39, 0.29) is 107 Å². The summed E-state index contributed by atoms with van der Waals surface area (Å²) in [5.74, 6) is -16.0. The maximum Gasteiger partial charge on any atom is 0.326 e. The van der Waals surface area contributed by atoms with E-state index < -0.39 is 204 Å². The van der Waals surface area contributed by atoms with Crippen LogP contribution in [0.1, 0.15) is 164 Å². The first-order valence-corrected chi connectivity index (χ1v) is 40.8. The average Bonchev–Trinajstić information content (AvgIpc) is 0.899. The summed E-state index contributed by atoms with van der Waals surface area (Å²) in [6.45, 7) is 15.5. The van der Waals surface area contributed by atoms with Gasteiger partial charge in [-0.05, 0) is 144 Å². The van der Waals surface area contributed by atoms with Crippen molar-refractivity contribution in [3.8, 4) is 5.75 Å². The number of carboxylic acid groups (broad SMARTS) is 2. The smallest absolute Gasteiger partial charge is 0.326 e. The minimum atomic E-state index is -1.62. The third-order valence-corrected chi connectivity index (χ3v) is 19.7. The van der Waals surface area contributed by atoms with Crippen molar-refractivity contribution in [3.05, 3.63) is 65.7 Å². The van der Waals surface area contributed by atoms with Crippen LogP contribution in [0, 0.1) is 23.7 Å². The molecule has 39 nitrogen and oxygen atoms in total. The first kappa shape index (κ1) is 102. The third kappa shape index (κ3) is 39.5. The molecule has 0 saturated carbocycles. The molecule has 0 saturated heterocycles. The number of guanidine groups is 2. The standard InChI is InChI=1S/C77H127N21O18S/c1-12-43(7)61(97-73(113)60(42(5)6)96-70(110)53(25-20-35-85-77(82)83)89-63(103)45(9)87-58(100)40-86-66(106)56(39-48-26-28-49(99)29-27-48)94-65(105)50(79)32-36-117-11)74(114)92-52(24-19-34-84-76(80)81)68(108)90-51(23-17-18-33-78)67(107)88-46(10)64(104)93-55(37-41(3)4)71(111)91-54(30-31-59(101)102)69(109)95-57(38-47-21-15-14-16-22-47)72(112)98-62(75(115)116)44(8)13-2/h14-16,21-22,26-29,41-46,50-57,60-62,99H,12-13,17-20,23-25,30-40,78-79H2,1-11H3,(H,86,106)(H,87,100)(H,88,107)(H,89,103)(H,90,108)(H,91,111)(H,92,114)(H,93,104)(H,94,105)(H,95,109)(H,96,110)(H,97,113)(H,98,112)(H,101,102)(H,115,116)(H4,80,81,84)(H4,82,83,85)/t43-,44-,45-,46-,50-,51-,52-,53-,54-,55-,56-,57-,60-,61-,62-/m0/s1. The predicted octanol–water partition coefficient (Wildman–Crippen LogP) is -2.79. The molecule has 0 aliphatic rings.